The number of hydrogen-bond donors (Lipinski definition) is 0. The predicted molar refractivity (Wildman–Crippen MR) is 40.3 cm³/mol. The number of ether oxygens (including phenoxy) is 1. The van der Waals surface area contributed by atoms with Crippen molar-refractivity contribution in [3.8, 4) is 0 Å². The van der Waals surface area contributed by atoms with Crippen LogP contribution in [0.1, 0.15) is 20.8 Å². The Morgan fingerprint density at radius 1 is 1.60 bits per heavy atom. The molecule has 0 spiro atoms. The first-order valence-corrected chi connectivity index (χ1v) is 3.21. The highest BCUT2D eigenvalue weighted by Gasteiger charge is 2.10. The summed E-state index contributed by atoms with van der Waals surface area (Å²) in [6, 6.07) is 0. The minimum Gasteiger partial charge on any atom is -0.459 e. The van der Waals surface area contributed by atoms with Crippen LogP contribution in [0.3, 0.4) is 0 Å². The van der Waals surface area contributed by atoms with Crippen LogP contribution in [0.15, 0.2) is 12.7 Å². The lowest BCUT2D eigenvalue weighted by Crippen LogP contribution is -2.17. The molecule has 0 N–H and O–H groups in total. The Balaban J connectivity index is 3.67. The minimum absolute atomic E-state index is 0.106. The Hall–Kier alpha value is -0.790. The smallest absolute Gasteiger partial charge is 0.330 e. The summed E-state index contributed by atoms with van der Waals surface area (Å²) in [4.78, 5) is 10.6. The molecule has 2 nitrogen and oxygen atoms in total. The van der Waals surface area contributed by atoms with E-state index >= 15 is 0 Å². The normalized spacial score (nSPS) is 12.8. The fourth-order valence-electron chi connectivity index (χ4n) is 0.340. The maximum absolute atomic E-state index is 10.6. The summed E-state index contributed by atoms with van der Waals surface area (Å²) in [7, 11) is 0. The molecule has 0 bridgehead atoms. The summed E-state index contributed by atoms with van der Waals surface area (Å²) in [5.74, 6) is 0.712. The molecule has 57 valence electrons. The van der Waals surface area contributed by atoms with E-state index < -0.39 is 0 Å². The zero-order valence-corrected chi connectivity index (χ0v) is 6.68. The third kappa shape index (κ3) is 3.28. The summed E-state index contributed by atoms with van der Waals surface area (Å²) >= 11 is 0. The van der Waals surface area contributed by atoms with E-state index in [2.05, 4.69) is 6.58 Å². The van der Waals surface area contributed by atoms with Gasteiger partial charge >= 0.3 is 5.97 Å². The third-order valence-electron chi connectivity index (χ3n) is 1.27. The molecule has 0 fully saturated rings. The van der Waals surface area contributed by atoms with Crippen LogP contribution in [-0.2, 0) is 9.53 Å². The Labute approximate surface area is 61.9 Å². The van der Waals surface area contributed by atoms with Crippen LogP contribution in [0, 0.1) is 5.92 Å². The van der Waals surface area contributed by atoms with Gasteiger partial charge in [-0.25, -0.2) is 4.79 Å². The van der Waals surface area contributed by atoms with Crippen molar-refractivity contribution in [3.63, 3.8) is 0 Å². The number of carbonyl (C=O) groups is 1. The monoisotopic (exact) mass is 141 g/mol. The van der Waals surface area contributed by atoms with Gasteiger partial charge in [-0.05, 0) is 6.92 Å². The van der Waals surface area contributed by atoms with Crippen molar-refractivity contribution in [1.29, 1.82) is 0 Å². The molecule has 0 aliphatic rings. The standard InChI is InChI=1S/C8H13O2/c1-5-8(9)10-7(4)6(2)3/h5,7H,1H2,2-4H3. The largest absolute Gasteiger partial charge is 0.459 e. The second-order valence-corrected chi connectivity index (χ2v) is 2.36. The molecule has 10 heavy (non-hydrogen) atoms. The molecular weight excluding hydrogens is 128 g/mol. The van der Waals surface area contributed by atoms with Gasteiger partial charge < -0.3 is 4.74 Å². The van der Waals surface area contributed by atoms with Crippen molar-refractivity contribution in [2.45, 2.75) is 26.9 Å². The van der Waals surface area contributed by atoms with Crippen LogP contribution in [-0.4, -0.2) is 12.1 Å². The van der Waals surface area contributed by atoms with Crippen molar-refractivity contribution in [2.24, 2.45) is 0 Å². The fourth-order valence-corrected chi connectivity index (χ4v) is 0.340. The van der Waals surface area contributed by atoms with E-state index in [-0.39, 0.29) is 12.1 Å². The summed E-state index contributed by atoms with van der Waals surface area (Å²) < 4.78 is 4.87. The quantitative estimate of drug-likeness (QED) is 0.442. The molecular formula is C8H13O2. The third-order valence-corrected chi connectivity index (χ3v) is 1.27. The molecule has 1 unspecified atom stereocenters. The van der Waals surface area contributed by atoms with Crippen molar-refractivity contribution >= 4 is 5.97 Å². The zero-order chi connectivity index (χ0) is 8.15. The average Bonchev–Trinajstić information content (AvgIpc) is 1.87. The second kappa shape index (κ2) is 4.09. The maximum atomic E-state index is 10.6. The van der Waals surface area contributed by atoms with Gasteiger partial charge in [0.15, 0.2) is 0 Å². The van der Waals surface area contributed by atoms with Gasteiger partial charge in [0.05, 0.1) is 0 Å². The van der Waals surface area contributed by atoms with Gasteiger partial charge in [-0.2, -0.15) is 0 Å². The van der Waals surface area contributed by atoms with Gasteiger partial charge in [0.2, 0.25) is 0 Å². The van der Waals surface area contributed by atoms with Gasteiger partial charge in [0, 0.05) is 12.0 Å². The number of carbonyl (C=O) groups excluding carboxylic acids is 1. The van der Waals surface area contributed by atoms with Gasteiger partial charge in [-0.3, -0.25) is 0 Å². The van der Waals surface area contributed by atoms with Crippen molar-refractivity contribution < 1.29 is 9.53 Å². The van der Waals surface area contributed by atoms with Crippen molar-refractivity contribution in [2.75, 3.05) is 0 Å². The highest BCUT2D eigenvalue weighted by Crippen LogP contribution is 2.07. The number of rotatable bonds is 3. The van der Waals surface area contributed by atoms with E-state index in [0.29, 0.717) is 0 Å². The Morgan fingerprint density at radius 2 is 2.10 bits per heavy atom. The molecule has 1 atom stereocenters. The molecule has 0 amide bonds. The van der Waals surface area contributed by atoms with Crippen LogP contribution < -0.4 is 0 Å². The predicted octanol–water partition coefficient (Wildman–Crippen LogP) is 1.72. The summed E-state index contributed by atoms with van der Waals surface area (Å²) in [6.07, 6.45) is 1.06. The number of esters is 1. The van der Waals surface area contributed by atoms with E-state index in [1.54, 1.807) is 0 Å². The molecule has 0 aromatic carbocycles. The van der Waals surface area contributed by atoms with Gasteiger partial charge in [0.1, 0.15) is 6.10 Å². The van der Waals surface area contributed by atoms with Crippen LogP contribution in [0.5, 0.6) is 0 Å². The Morgan fingerprint density at radius 3 is 2.40 bits per heavy atom. The molecule has 2 heteroatoms. The molecule has 0 aliphatic heterocycles. The summed E-state index contributed by atoms with van der Waals surface area (Å²) in [5.41, 5.74) is 0. The van der Waals surface area contributed by atoms with E-state index in [1.807, 2.05) is 20.8 Å². The lowest BCUT2D eigenvalue weighted by molar-refractivity contribution is -0.141. The molecule has 0 heterocycles. The first-order valence-electron chi connectivity index (χ1n) is 3.21. The van der Waals surface area contributed by atoms with Gasteiger partial charge in [0.25, 0.3) is 0 Å². The topological polar surface area (TPSA) is 26.3 Å². The number of hydrogen-bond acceptors (Lipinski definition) is 2. The molecule has 0 saturated heterocycles. The molecule has 1 radical (unpaired) electrons. The zero-order valence-electron chi connectivity index (χ0n) is 6.68. The maximum Gasteiger partial charge on any atom is 0.330 e. The van der Waals surface area contributed by atoms with E-state index in [0.717, 1.165) is 5.92 Å². The molecule has 0 aliphatic carbocycles. The van der Waals surface area contributed by atoms with Crippen LogP contribution in [0.4, 0.5) is 0 Å². The lowest BCUT2D eigenvalue weighted by Gasteiger charge is -2.14. The van der Waals surface area contributed by atoms with E-state index in [9.17, 15) is 4.79 Å². The molecule has 0 saturated carbocycles. The first-order chi connectivity index (χ1) is 4.57. The Kier molecular flexibility index (Phi) is 3.77. The van der Waals surface area contributed by atoms with Crippen molar-refractivity contribution in [1.82, 2.24) is 0 Å². The highest BCUT2D eigenvalue weighted by atomic mass is 16.5. The summed E-state index contributed by atoms with van der Waals surface area (Å²) in [5, 5.41) is 0. The molecule has 0 aromatic heterocycles. The van der Waals surface area contributed by atoms with Gasteiger partial charge in [-0.1, -0.05) is 20.4 Å². The van der Waals surface area contributed by atoms with E-state index in [4.69, 9.17) is 4.74 Å². The average molecular weight is 141 g/mol. The SMILES string of the molecule is C=CC(=O)OC(C)[C](C)C. The van der Waals surface area contributed by atoms with Gasteiger partial charge in [-0.15, -0.1) is 0 Å². The van der Waals surface area contributed by atoms with Crippen LogP contribution in [0.25, 0.3) is 0 Å². The lowest BCUT2D eigenvalue weighted by atomic mass is 10.1. The van der Waals surface area contributed by atoms with Crippen molar-refractivity contribution in [3.05, 3.63) is 18.6 Å². The van der Waals surface area contributed by atoms with Crippen LogP contribution in [0.2, 0.25) is 0 Å². The minimum atomic E-state index is -0.367. The first kappa shape index (κ1) is 9.21. The fraction of sp³-hybridized carbons (Fsp3) is 0.500. The van der Waals surface area contributed by atoms with E-state index in [1.165, 1.54) is 6.08 Å². The van der Waals surface area contributed by atoms with Crippen LogP contribution >= 0.6 is 0 Å². The summed E-state index contributed by atoms with van der Waals surface area (Å²) in [6.45, 7) is 8.95. The Bertz CT molecular complexity index is 127. The molecule has 0 rings (SSSR count). The second-order valence-electron chi connectivity index (χ2n) is 2.36. The molecule has 0 aromatic rings. The highest BCUT2D eigenvalue weighted by molar-refractivity contribution is 5.81.